The van der Waals surface area contributed by atoms with Gasteiger partial charge in [0, 0.05) is 10.7 Å². The first-order chi connectivity index (χ1) is 8.44. The van der Waals surface area contributed by atoms with E-state index in [1.54, 1.807) is 18.2 Å². The Morgan fingerprint density at radius 3 is 2.50 bits per heavy atom. The number of ether oxygens (including phenoxy) is 1. The first kappa shape index (κ1) is 14.0. The lowest BCUT2D eigenvalue weighted by Crippen LogP contribution is -2.11. The number of benzene rings is 1. The molecular weight excluding hydrogens is 295 g/mol. The Bertz CT molecular complexity index is 522. The van der Waals surface area contributed by atoms with Crippen LogP contribution >= 0.6 is 22.3 Å². The van der Waals surface area contributed by atoms with Crippen molar-refractivity contribution in [2.24, 2.45) is 0 Å². The number of halogens is 2. The molecule has 0 bridgehead atoms. The van der Waals surface area contributed by atoms with E-state index in [0.29, 0.717) is 16.3 Å². The third kappa shape index (κ3) is 4.04. The summed E-state index contributed by atoms with van der Waals surface area (Å²) in [5.74, 6) is 0.386. The van der Waals surface area contributed by atoms with E-state index in [2.05, 4.69) is 0 Å². The summed E-state index contributed by atoms with van der Waals surface area (Å²) >= 11 is 6.07. The Balaban J connectivity index is 2.09. The molecular formula is C12H14Cl2O3S. The highest BCUT2D eigenvalue weighted by atomic mass is 35.7. The average Bonchev–Trinajstić information content (AvgIpc) is 2.72. The van der Waals surface area contributed by atoms with Crippen LogP contribution in [0.1, 0.15) is 31.2 Å². The van der Waals surface area contributed by atoms with Crippen LogP contribution in [0.5, 0.6) is 5.75 Å². The Labute approximate surface area is 116 Å². The molecule has 0 amide bonds. The lowest BCUT2D eigenvalue weighted by Gasteiger charge is -2.14. The predicted molar refractivity (Wildman–Crippen MR) is 72.8 cm³/mol. The van der Waals surface area contributed by atoms with Gasteiger partial charge >= 0.3 is 0 Å². The zero-order valence-electron chi connectivity index (χ0n) is 9.73. The first-order valence-electron chi connectivity index (χ1n) is 5.81. The molecule has 0 saturated heterocycles. The van der Waals surface area contributed by atoms with Crippen molar-refractivity contribution in [3.8, 4) is 5.75 Å². The van der Waals surface area contributed by atoms with Crippen molar-refractivity contribution in [1.82, 2.24) is 0 Å². The van der Waals surface area contributed by atoms with Crippen LogP contribution in [0.25, 0.3) is 0 Å². The summed E-state index contributed by atoms with van der Waals surface area (Å²) < 4.78 is 27.7. The van der Waals surface area contributed by atoms with E-state index in [0.717, 1.165) is 12.8 Å². The molecule has 0 aromatic heterocycles. The average molecular weight is 309 g/mol. The molecule has 0 unspecified atom stereocenters. The molecule has 0 radical (unpaired) electrons. The zero-order chi connectivity index (χ0) is 13.2. The van der Waals surface area contributed by atoms with Gasteiger partial charge in [-0.1, -0.05) is 17.7 Å². The van der Waals surface area contributed by atoms with Crippen molar-refractivity contribution in [2.45, 2.75) is 37.5 Å². The topological polar surface area (TPSA) is 43.4 Å². The molecule has 1 aliphatic carbocycles. The maximum Gasteiger partial charge on any atom is 0.236 e. The molecule has 100 valence electrons. The Hall–Kier alpha value is -0.450. The summed E-state index contributed by atoms with van der Waals surface area (Å²) in [6.07, 6.45) is 4.70. The van der Waals surface area contributed by atoms with Gasteiger partial charge in [-0.25, -0.2) is 8.42 Å². The van der Waals surface area contributed by atoms with Crippen molar-refractivity contribution < 1.29 is 13.2 Å². The summed E-state index contributed by atoms with van der Waals surface area (Å²) in [5.41, 5.74) is 0.564. The Morgan fingerprint density at radius 2 is 1.94 bits per heavy atom. The van der Waals surface area contributed by atoms with Crippen molar-refractivity contribution in [1.29, 1.82) is 0 Å². The van der Waals surface area contributed by atoms with Crippen LogP contribution in [0.15, 0.2) is 18.2 Å². The normalized spacial score (nSPS) is 17.0. The summed E-state index contributed by atoms with van der Waals surface area (Å²) in [4.78, 5) is 0. The third-order valence-corrected chi connectivity index (χ3v) is 4.23. The minimum atomic E-state index is -3.56. The maximum absolute atomic E-state index is 11.0. The van der Waals surface area contributed by atoms with Gasteiger partial charge in [0.1, 0.15) is 5.75 Å². The molecule has 6 heteroatoms. The van der Waals surface area contributed by atoms with Gasteiger partial charge in [-0.05, 0) is 43.4 Å². The van der Waals surface area contributed by atoms with Gasteiger partial charge in [0.2, 0.25) is 9.05 Å². The van der Waals surface area contributed by atoms with Crippen molar-refractivity contribution in [2.75, 3.05) is 0 Å². The lowest BCUT2D eigenvalue weighted by atomic mass is 10.2. The van der Waals surface area contributed by atoms with Crippen LogP contribution < -0.4 is 4.74 Å². The van der Waals surface area contributed by atoms with Crippen LogP contribution in [-0.4, -0.2) is 14.5 Å². The van der Waals surface area contributed by atoms with E-state index in [1.165, 1.54) is 12.8 Å². The Kier molecular flexibility index (Phi) is 4.41. The monoisotopic (exact) mass is 308 g/mol. The molecule has 0 N–H and O–H groups in total. The zero-order valence-corrected chi connectivity index (χ0v) is 12.1. The fourth-order valence-corrected chi connectivity index (χ4v) is 3.32. The fourth-order valence-electron chi connectivity index (χ4n) is 2.11. The smallest absolute Gasteiger partial charge is 0.236 e. The highest BCUT2D eigenvalue weighted by Gasteiger charge is 2.18. The highest BCUT2D eigenvalue weighted by molar-refractivity contribution is 8.13. The second-order valence-corrected chi connectivity index (χ2v) is 7.66. The highest BCUT2D eigenvalue weighted by Crippen LogP contribution is 2.31. The quantitative estimate of drug-likeness (QED) is 0.796. The molecule has 0 heterocycles. The lowest BCUT2D eigenvalue weighted by molar-refractivity contribution is 0.210. The van der Waals surface area contributed by atoms with E-state index in [1.807, 2.05) is 0 Å². The molecule has 2 rings (SSSR count). The summed E-state index contributed by atoms with van der Waals surface area (Å²) in [6.45, 7) is 0. The van der Waals surface area contributed by atoms with Crippen molar-refractivity contribution >= 4 is 31.3 Å². The first-order valence-corrected chi connectivity index (χ1v) is 8.67. The molecule has 3 nitrogen and oxygen atoms in total. The van der Waals surface area contributed by atoms with E-state index >= 15 is 0 Å². The Morgan fingerprint density at radius 1 is 1.28 bits per heavy atom. The van der Waals surface area contributed by atoms with Gasteiger partial charge in [-0.15, -0.1) is 0 Å². The SMILES string of the molecule is O=S(=O)(Cl)Cc1ccc(OC2CCCC2)c(Cl)c1. The fraction of sp³-hybridized carbons (Fsp3) is 0.500. The van der Waals surface area contributed by atoms with Gasteiger partial charge in [0.15, 0.2) is 0 Å². The summed E-state index contributed by atoms with van der Waals surface area (Å²) in [6, 6.07) is 4.97. The third-order valence-electron chi connectivity index (χ3n) is 2.93. The minimum Gasteiger partial charge on any atom is -0.489 e. The number of hydrogen-bond acceptors (Lipinski definition) is 3. The largest absolute Gasteiger partial charge is 0.489 e. The van der Waals surface area contributed by atoms with E-state index < -0.39 is 9.05 Å². The number of rotatable bonds is 4. The molecule has 1 aliphatic rings. The summed E-state index contributed by atoms with van der Waals surface area (Å²) in [5, 5.41) is 0.430. The van der Waals surface area contributed by atoms with Crippen LogP contribution in [0, 0.1) is 0 Å². The van der Waals surface area contributed by atoms with Gasteiger partial charge in [-0.2, -0.15) is 0 Å². The second kappa shape index (κ2) is 5.68. The van der Waals surface area contributed by atoms with Gasteiger partial charge < -0.3 is 4.74 Å². The van der Waals surface area contributed by atoms with Gasteiger partial charge in [-0.3, -0.25) is 0 Å². The van der Waals surface area contributed by atoms with Crippen LogP contribution in [0.2, 0.25) is 5.02 Å². The van der Waals surface area contributed by atoms with Crippen LogP contribution in [-0.2, 0) is 14.8 Å². The van der Waals surface area contributed by atoms with Gasteiger partial charge in [0.25, 0.3) is 0 Å². The molecule has 1 aromatic rings. The molecule has 18 heavy (non-hydrogen) atoms. The predicted octanol–water partition coefficient (Wildman–Crippen LogP) is 3.73. The van der Waals surface area contributed by atoms with Crippen LogP contribution in [0.4, 0.5) is 0 Å². The molecule has 0 aliphatic heterocycles. The van der Waals surface area contributed by atoms with E-state index in [4.69, 9.17) is 27.0 Å². The molecule has 1 aromatic carbocycles. The molecule has 0 spiro atoms. The van der Waals surface area contributed by atoms with Crippen LogP contribution in [0.3, 0.4) is 0 Å². The minimum absolute atomic E-state index is 0.224. The standard InChI is InChI=1S/C12H14Cl2O3S/c13-11-7-9(8-18(14,15)16)5-6-12(11)17-10-3-1-2-4-10/h5-7,10H,1-4,8H2. The van der Waals surface area contributed by atoms with Crippen molar-refractivity contribution in [3.63, 3.8) is 0 Å². The van der Waals surface area contributed by atoms with Gasteiger partial charge in [0.05, 0.1) is 16.9 Å². The molecule has 1 fully saturated rings. The summed E-state index contributed by atoms with van der Waals surface area (Å²) in [7, 11) is 1.64. The molecule has 1 saturated carbocycles. The number of hydrogen-bond donors (Lipinski definition) is 0. The molecule has 0 atom stereocenters. The van der Waals surface area contributed by atoms with E-state index in [9.17, 15) is 8.42 Å². The van der Waals surface area contributed by atoms with Crippen molar-refractivity contribution in [3.05, 3.63) is 28.8 Å². The second-order valence-electron chi connectivity index (χ2n) is 4.47. The van der Waals surface area contributed by atoms with E-state index in [-0.39, 0.29) is 11.9 Å². The maximum atomic E-state index is 11.0.